The van der Waals surface area contributed by atoms with Gasteiger partial charge in [-0.1, -0.05) is 12.1 Å². The van der Waals surface area contributed by atoms with Gasteiger partial charge in [-0.2, -0.15) is 0 Å². The Balaban J connectivity index is 1.58. The molecule has 1 aromatic heterocycles. The average molecular weight is 315 g/mol. The lowest BCUT2D eigenvalue weighted by Crippen LogP contribution is -2.33. The molecule has 5 nitrogen and oxygen atoms in total. The van der Waals surface area contributed by atoms with Gasteiger partial charge >= 0.3 is 0 Å². The first-order valence-electron chi connectivity index (χ1n) is 7.60. The maximum Gasteiger partial charge on any atom is 0.272 e. The summed E-state index contributed by atoms with van der Waals surface area (Å²) in [6.07, 6.45) is 2.73. The first-order chi connectivity index (χ1) is 11.2. The average Bonchev–Trinajstić information content (AvgIpc) is 3.04. The van der Waals surface area contributed by atoms with E-state index in [1.807, 2.05) is 12.1 Å². The molecule has 0 radical (unpaired) electrons. The Morgan fingerprint density at radius 1 is 1.17 bits per heavy atom. The van der Waals surface area contributed by atoms with E-state index in [9.17, 15) is 9.18 Å². The van der Waals surface area contributed by atoms with Crippen LogP contribution in [0.25, 0.3) is 0 Å². The summed E-state index contributed by atoms with van der Waals surface area (Å²) in [5, 5.41) is 10.6. The molecule has 1 aliphatic rings. The molecule has 1 saturated carbocycles. The van der Waals surface area contributed by atoms with Crippen molar-refractivity contribution in [2.24, 2.45) is 0 Å². The van der Waals surface area contributed by atoms with Crippen molar-refractivity contribution in [3.63, 3.8) is 0 Å². The first kappa shape index (κ1) is 15.4. The third-order valence-electron chi connectivity index (χ3n) is 4.19. The van der Waals surface area contributed by atoms with Crippen LogP contribution in [0, 0.1) is 5.82 Å². The summed E-state index contributed by atoms with van der Waals surface area (Å²) in [7, 11) is 1.50. The number of carbonyl (C=O) groups excluding carboxylic acids is 1. The van der Waals surface area contributed by atoms with Crippen LogP contribution >= 0.6 is 0 Å². The second-order valence-corrected chi connectivity index (χ2v) is 5.69. The van der Waals surface area contributed by atoms with E-state index in [1.54, 1.807) is 12.1 Å². The minimum Gasteiger partial charge on any atom is -0.480 e. The second kappa shape index (κ2) is 6.73. The van der Waals surface area contributed by atoms with Crippen LogP contribution in [0.15, 0.2) is 36.4 Å². The number of hydrogen-bond donors (Lipinski definition) is 1. The fourth-order valence-corrected chi connectivity index (χ4v) is 2.96. The van der Waals surface area contributed by atoms with Crippen molar-refractivity contribution in [2.75, 3.05) is 7.11 Å². The van der Waals surface area contributed by atoms with E-state index in [4.69, 9.17) is 4.74 Å². The Morgan fingerprint density at radius 3 is 2.61 bits per heavy atom. The molecule has 3 rings (SSSR count). The minimum atomic E-state index is -0.232. The maximum absolute atomic E-state index is 13.0. The van der Waals surface area contributed by atoms with Gasteiger partial charge in [-0.3, -0.25) is 4.79 Å². The van der Waals surface area contributed by atoms with Gasteiger partial charge in [-0.15, -0.1) is 10.2 Å². The molecule has 1 heterocycles. The van der Waals surface area contributed by atoms with Crippen molar-refractivity contribution in [2.45, 2.75) is 31.2 Å². The van der Waals surface area contributed by atoms with Crippen molar-refractivity contribution < 1.29 is 13.9 Å². The summed E-state index contributed by atoms with van der Waals surface area (Å²) in [5.74, 6) is 0.265. The number of ether oxygens (including phenoxy) is 1. The topological polar surface area (TPSA) is 64.1 Å². The Hall–Kier alpha value is -2.50. The predicted molar refractivity (Wildman–Crippen MR) is 82.8 cm³/mol. The third kappa shape index (κ3) is 3.64. The Kier molecular flexibility index (Phi) is 4.50. The second-order valence-electron chi connectivity index (χ2n) is 5.69. The van der Waals surface area contributed by atoms with Crippen molar-refractivity contribution in [1.82, 2.24) is 15.5 Å². The van der Waals surface area contributed by atoms with Gasteiger partial charge in [0.15, 0.2) is 5.69 Å². The molecule has 1 aromatic carbocycles. The molecular formula is C17H18FN3O2. The van der Waals surface area contributed by atoms with E-state index in [0.29, 0.717) is 11.8 Å². The standard InChI is InChI=1S/C17H18FN3O2/c1-23-16-9-8-15(20-21-16)17(22)19-14-7-4-12(10-14)11-2-5-13(18)6-3-11/h2-3,5-6,8-9,12,14H,4,7,10H2,1H3,(H,19,22)/t12-,14+/m1/s1. The summed E-state index contributed by atoms with van der Waals surface area (Å²) < 4.78 is 17.9. The van der Waals surface area contributed by atoms with Crippen molar-refractivity contribution in [3.8, 4) is 5.88 Å². The number of carbonyl (C=O) groups is 1. The van der Waals surface area contributed by atoms with Gasteiger partial charge in [0, 0.05) is 12.1 Å². The third-order valence-corrected chi connectivity index (χ3v) is 4.19. The minimum absolute atomic E-state index is 0.0986. The largest absolute Gasteiger partial charge is 0.480 e. The fraction of sp³-hybridized carbons (Fsp3) is 0.353. The fourth-order valence-electron chi connectivity index (χ4n) is 2.96. The number of halogens is 1. The number of hydrogen-bond acceptors (Lipinski definition) is 4. The predicted octanol–water partition coefficient (Wildman–Crippen LogP) is 2.69. The molecule has 23 heavy (non-hydrogen) atoms. The van der Waals surface area contributed by atoms with Gasteiger partial charge in [0.05, 0.1) is 7.11 Å². The van der Waals surface area contributed by atoms with Crippen LogP contribution < -0.4 is 10.1 Å². The highest BCUT2D eigenvalue weighted by molar-refractivity contribution is 5.92. The summed E-state index contributed by atoms with van der Waals surface area (Å²) in [6, 6.07) is 9.90. The highest BCUT2D eigenvalue weighted by Crippen LogP contribution is 2.34. The van der Waals surface area contributed by atoms with E-state index < -0.39 is 0 Å². The highest BCUT2D eigenvalue weighted by Gasteiger charge is 2.27. The van der Waals surface area contributed by atoms with Gasteiger partial charge in [0.25, 0.3) is 5.91 Å². The summed E-state index contributed by atoms with van der Waals surface area (Å²) >= 11 is 0. The summed E-state index contributed by atoms with van der Waals surface area (Å²) in [6.45, 7) is 0. The molecule has 120 valence electrons. The van der Waals surface area contributed by atoms with E-state index in [-0.39, 0.29) is 23.5 Å². The van der Waals surface area contributed by atoms with Crippen molar-refractivity contribution in [3.05, 3.63) is 53.5 Å². The number of nitrogens with zero attached hydrogens (tertiary/aromatic N) is 2. The van der Waals surface area contributed by atoms with Crippen LogP contribution in [0.1, 0.15) is 41.2 Å². The number of aromatic nitrogens is 2. The van der Waals surface area contributed by atoms with Crippen LogP contribution in [0.2, 0.25) is 0 Å². The van der Waals surface area contributed by atoms with Crippen LogP contribution in [0.3, 0.4) is 0 Å². The van der Waals surface area contributed by atoms with Crippen molar-refractivity contribution in [1.29, 1.82) is 0 Å². The summed E-state index contributed by atoms with van der Waals surface area (Å²) in [5.41, 5.74) is 1.39. The van der Waals surface area contributed by atoms with Gasteiger partial charge in [0.1, 0.15) is 5.82 Å². The monoisotopic (exact) mass is 315 g/mol. The number of amides is 1. The lowest BCUT2D eigenvalue weighted by molar-refractivity contribution is 0.0931. The molecule has 0 aliphatic heterocycles. The molecule has 2 atom stereocenters. The van der Waals surface area contributed by atoms with E-state index in [2.05, 4.69) is 15.5 Å². The first-order valence-corrected chi connectivity index (χ1v) is 7.60. The van der Waals surface area contributed by atoms with Gasteiger partial charge in [-0.25, -0.2) is 4.39 Å². The molecule has 1 fully saturated rings. The number of benzene rings is 1. The zero-order chi connectivity index (χ0) is 16.2. The number of methoxy groups -OCH3 is 1. The van der Waals surface area contributed by atoms with Gasteiger partial charge in [-0.05, 0) is 48.9 Å². The van der Waals surface area contributed by atoms with Crippen LogP contribution in [-0.2, 0) is 0 Å². The van der Waals surface area contributed by atoms with Crippen LogP contribution in [0.5, 0.6) is 5.88 Å². The molecule has 0 bridgehead atoms. The number of nitrogens with one attached hydrogen (secondary N) is 1. The van der Waals surface area contributed by atoms with Crippen LogP contribution in [0.4, 0.5) is 4.39 Å². The van der Waals surface area contributed by atoms with E-state index in [1.165, 1.54) is 19.2 Å². The Labute approximate surface area is 133 Å². The molecule has 0 unspecified atom stereocenters. The lowest BCUT2D eigenvalue weighted by Gasteiger charge is -2.13. The highest BCUT2D eigenvalue weighted by atomic mass is 19.1. The number of rotatable bonds is 4. The molecule has 1 amide bonds. The Bertz CT molecular complexity index is 673. The molecule has 6 heteroatoms. The van der Waals surface area contributed by atoms with E-state index in [0.717, 1.165) is 24.8 Å². The van der Waals surface area contributed by atoms with Crippen LogP contribution in [-0.4, -0.2) is 29.3 Å². The van der Waals surface area contributed by atoms with E-state index >= 15 is 0 Å². The molecule has 1 aliphatic carbocycles. The smallest absolute Gasteiger partial charge is 0.272 e. The molecule has 2 aromatic rings. The quantitative estimate of drug-likeness (QED) is 0.942. The SMILES string of the molecule is COc1ccc(C(=O)N[C@H]2CC[C@@H](c3ccc(F)cc3)C2)nn1. The van der Waals surface area contributed by atoms with Gasteiger partial charge < -0.3 is 10.1 Å². The normalized spacial score (nSPS) is 20.3. The maximum atomic E-state index is 13.0. The van der Waals surface area contributed by atoms with Gasteiger partial charge in [0.2, 0.25) is 5.88 Å². The molecular weight excluding hydrogens is 297 g/mol. The zero-order valence-electron chi connectivity index (χ0n) is 12.8. The zero-order valence-corrected chi connectivity index (χ0v) is 12.8. The molecule has 1 N–H and O–H groups in total. The molecule has 0 spiro atoms. The lowest BCUT2D eigenvalue weighted by atomic mass is 9.97. The Morgan fingerprint density at radius 2 is 1.96 bits per heavy atom. The summed E-state index contributed by atoms with van der Waals surface area (Å²) in [4.78, 5) is 12.2. The van der Waals surface area contributed by atoms with Crippen molar-refractivity contribution >= 4 is 5.91 Å². The molecule has 0 saturated heterocycles.